The topological polar surface area (TPSA) is 214 Å². The van der Waals surface area contributed by atoms with E-state index in [4.69, 9.17) is 37.9 Å². The molecule has 0 spiro atoms. The Morgan fingerprint density at radius 3 is 1.44 bits per heavy atom. The molecule has 0 aromatic rings. The van der Waals surface area contributed by atoms with Gasteiger partial charge < -0.3 is 43.0 Å². The van der Waals surface area contributed by atoms with Crippen LogP contribution in [0.1, 0.15) is 292 Å². The number of rotatable bonds is 16. The fourth-order valence-corrected chi connectivity index (χ4v) is 14.6. The van der Waals surface area contributed by atoms with Crippen LogP contribution in [0.25, 0.3) is 0 Å². The molecule has 0 aromatic carbocycles. The van der Waals surface area contributed by atoms with Gasteiger partial charge in [0.05, 0.1) is 51.3 Å². The number of aliphatic hydroxyl groups is 1. The SMILES string of the molecule is CCC(C)(C)C(=O)OC1(C(C)(C)C)CCCC1.CCC(C)(C)C(=O)OC1(C2CCCCC2)CCCC1.CCC(C)(C)C(=O)OC12CC3CC(CC(O)(C3)C1)C2.CCC(C)(C)C(=O)OC1C2CC3C(=O)OC1C3O2.CCC(C)(C)C(=O)OC1CCOC1=O. The summed E-state index contributed by atoms with van der Waals surface area (Å²) < 4.78 is 44.3. The second-order valence-corrected chi connectivity index (χ2v) is 32.4. The van der Waals surface area contributed by atoms with Crippen molar-refractivity contribution in [2.24, 2.45) is 56.2 Å². The van der Waals surface area contributed by atoms with Crippen LogP contribution in [-0.4, -0.2) is 106 Å². The number of fused-ring (bicyclic) bond motifs is 1. The Bertz CT molecular complexity index is 2380. The summed E-state index contributed by atoms with van der Waals surface area (Å²) in [5.41, 5.74) is -3.36. The quantitative estimate of drug-likeness (QED) is 0.112. The van der Waals surface area contributed by atoms with E-state index in [-0.39, 0.29) is 87.0 Å². The van der Waals surface area contributed by atoms with Gasteiger partial charge in [-0.15, -0.1) is 0 Å². The number of carbonyl (C=O) groups is 7. The summed E-state index contributed by atoms with van der Waals surface area (Å²) in [6.45, 7) is 36.1. The Morgan fingerprint density at radius 1 is 0.517 bits per heavy atom. The van der Waals surface area contributed by atoms with Gasteiger partial charge in [0.25, 0.3) is 0 Å². The van der Waals surface area contributed by atoms with E-state index < -0.39 is 46.1 Å². The molecule has 7 saturated carbocycles. The van der Waals surface area contributed by atoms with E-state index in [2.05, 4.69) is 27.7 Å². The van der Waals surface area contributed by atoms with Gasteiger partial charge in [-0.1, -0.05) is 74.7 Å². The fourth-order valence-electron chi connectivity index (χ4n) is 14.6. The van der Waals surface area contributed by atoms with Crippen LogP contribution in [0.2, 0.25) is 0 Å². The molecule has 16 nitrogen and oxygen atoms in total. The molecule has 8 unspecified atom stereocenters. The van der Waals surface area contributed by atoms with Gasteiger partial charge in [0.1, 0.15) is 22.9 Å². The lowest BCUT2D eigenvalue weighted by Gasteiger charge is -2.59. The summed E-state index contributed by atoms with van der Waals surface area (Å²) in [6.07, 6.45) is 24.3. The molecule has 6 bridgehead atoms. The Morgan fingerprint density at radius 2 is 0.977 bits per heavy atom. The van der Waals surface area contributed by atoms with E-state index in [0.717, 1.165) is 70.6 Å². The standard InChI is InChI=1S/C17H30O2.C16H26O3.C15H28O2.C13H18O5.C10H16O4/c1-4-16(2,3)15(18)19-17(12-8-9-13-17)14-10-6-5-7-11-14;1-4-14(2,3)13(17)19-16-8-11-5-12(9-16)7-15(18,6-11)10-16;1-7-14(5,6)12(16)17-15(13(2,3)4)10-8-9-11-15;1-4-13(2,3)12(15)18-9-7-5-6-8(16-7)10(9)17-11(6)14;1-4-10(2,3)9(12)14-7-5-6-13-8(7)11/h14H,4-13H2,1-3H3;11-12,18H,4-10H2,1-3H3;7-11H2,1-6H3;6-10H,4-5H2,1-3H3;7H,4-6H2,1-3H3. The number of ether oxygens (including phenoxy) is 8. The van der Waals surface area contributed by atoms with Gasteiger partial charge in [0.15, 0.2) is 12.2 Å². The van der Waals surface area contributed by atoms with E-state index in [1.54, 1.807) is 13.8 Å². The Labute approximate surface area is 523 Å². The molecule has 11 fully saturated rings. The van der Waals surface area contributed by atoms with Crippen LogP contribution in [0, 0.1) is 56.2 Å². The molecule has 87 heavy (non-hydrogen) atoms. The number of hydrogen-bond acceptors (Lipinski definition) is 16. The molecule has 4 heterocycles. The molecule has 11 aliphatic rings. The van der Waals surface area contributed by atoms with Gasteiger partial charge in [-0.3, -0.25) is 28.8 Å². The molecular weight excluding hydrogens is 1110 g/mol. The Kier molecular flexibility index (Phi) is 23.2. The third kappa shape index (κ3) is 16.8. The van der Waals surface area contributed by atoms with Crippen LogP contribution in [0.15, 0.2) is 0 Å². The second kappa shape index (κ2) is 28.0. The number of hydrogen-bond donors (Lipinski definition) is 1. The lowest BCUT2D eigenvalue weighted by Crippen LogP contribution is -2.61. The third-order valence-corrected chi connectivity index (χ3v) is 22.8. The average molecular weight is 1230 g/mol. The van der Waals surface area contributed by atoms with Gasteiger partial charge in [0, 0.05) is 18.3 Å². The monoisotopic (exact) mass is 1230 g/mol. The van der Waals surface area contributed by atoms with Gasteiger partial charge in [0.2, 0.25) is 6.10 Å². The predicted octanol–water partition coefficient (Wildman–Crippen LogP) is 14.6. The predicted molar refractivity (Wildman–Crippen MR) is 331 cm³/mol. The van der Waals surface area contributed by atoms with Gasteiger partial charge in [-0.2, -0.15) is 0 Å². The number of cyclic esters (lactones) is 1. The highest BCUT2D eigenvalue weighted by atomic mass is 16.7. The van der Waals surface area contributed by atoms with Crippen molar-refractivity contribution >= 4 is 41.8 Å². The molecule has 0 aromatic heterocycles. The van der Waals surface area contributed by atoms with E-state index >= 15 is 0 Å². The average Bonchev–Trinajstić information content (AvgIpc) is 1.68. The van der Waals surface area contributed by atoms with Crippen molar-refractivity contribution in [1.29, 1.82) is 0 Å². The lowest BCUT2D eigenvalue weighted by atomic mass is 9.52. The maximum Gasteiger partial charge on any atom is 0.347 e. The summed E-state index contributed by atoms with van der Waals surface area (Å²) in [7, 11) is 0. The molecule has 4 aliphatic heterocycles. The van der Waals surface area contributed by atoms with Crippen molar-refractivity contribution in [2.45, 2.75) is 344 Å². The first-order valence-corrected chi connectivity index (χ1v) is 34.2. The highest BCUT2D eigenvalue weighted by molar-refractivity contribution is 5.83. The Hall–Kier alpha value is -3.79. The van der Waals surface area contributed by atoms with Crippen LogP contribution < -0.4 is 0 Å². The summed E-state index contributed by atoms with van der Waals surface area (Å²) >= 11 is 0. The van der Waals surface area contributed by atoms with Gasteiger partial charge in [-0.05, 0) is 222 Å². The van der Waals surface area contributed by atoms with Crippen molar-refractivity contribution in [1.82, 2.24) is 0 Å². The molecule has 498 valence electrons. The minimum absolute atomic E-state index is 0.0301. The van der Waals surface area contributed by atoms with Gasteiger partial charge in [-0.25, -0.2) is 4.79 Å². The van der Waals surface area contributed by atoms with Crippen LogP contribution in [0.5, 0.6) is 0 Å². The number of esters is 7. The highest BCUT2D eigenvalue weighted by Gasteiger charge is 2.65. The molecule has 16 heteroatoms. The van der Waals surface area contributed by atoms with Crippen LogP contribution in [0.3, 0.4) is 0 Å². The summed E-state index contributed by atoms with van der Waals surface area (Å²) in [4.78, 5) is 83.3. The zero-order chi connectivity index (χ0) is 65.0. The highest BCUT2D eigenvalue weighted by Crippen LogP contribution is 2.59. The number of carbonyl (C=O) groups excluding carboxylic acids is 7. The molecular formula is C71H118O16. The van der Waals surface area contributed by atoms with Crippen molar-refractivity contribution in [2.75, 3.05) is 6.61 Å². The van der Waals surface area contributed by atoms with Crippen LogP contribution in [-0.2, 0) is 71.5 Å². The first-order chi connectivity index (χ1) is 40.3. The van der Waals surface area contributed by atoms with Crippen LogP contribution in [0.4, 0.5) is 0 Å². The summed E-state index contributed by atoms with van der Waals surface area (Å²) in [5.74, 6) is 0.308. The molecule has 8 atom stereocenters. The first kappa shape index (κ1) is 72.3. The van der Waals surface area contributed by atoms with Crippen molar-refractivity contribution in [3.05, 3.63) is 0 Å². The molecule has 0 amide bonds. The fraction of sp³-hybridized carbons (Fsp3) is 0.901. The largest absolute Gasteiger partial charge is 0.463 e. The van der Waals surface area contributed by atoms with Crippen molar-refractivity contribution in [3.8, 4) is 0 Å². The zero-order valence-electron chi connectivity index (χ0n) is 57.4. The van der Waals surface area contributed by atoms with Gasteiger partial charge >= 0.3 is 41.8 Å². The van der Waals surface area contributed by atoms with Crippen LogP contribution >= 0.6 is 0 Å². The Balaban J connectivity index is 0.000000174. The maximum absolute atomic E-state index is 12.5. The molecule has 11 rings (SSSR count). The van der Waals surface area contributed by atoms with E-state index in [1.807, 2.05) is 83.1 Å². The van der Waals surface area contributed by atoms with E-state index in [1.165, 1.54) is 64.2 Å². The minimum Gasteiger partial charge on any atom is -0.463 e. The molecule has 1 N–H and O–H groups in total. The van der Waals surface area contributed by atoms with E-state index in [0.29, 0.717) is 56.5 Å². The summed E-state index contributed by atoms with van der Waals surface area (Å²) in [6, 6.07) is 0. The summed E-state index contributed by atoms with van der Waals surface area (Å²) in [5, 5.41) is 10.6. The van der Waals surface area contributed by atoms with Crippen molar-refractivity contribution < 1.29 is 76.6 Å². The molecule has 7 aliphatic carbocycles. The lowest BCUT2D eigenvalue weighted by molar-refractivity contribution is -0.225. The second-order valence-electron chi connectivity index (χ2n) is 32.4. The molecule has 0 radical (unpaired) electrons. The van der Waals surface area contributed by atoms with Crippen molar-refractivity contribution in [3.63, 3.8) is 0 Å². The van der Waals surface area contributed by atoms with E-state index in [9.17, 15) is 38.7 Å². The maximum atomic E-state index is 12.5. The first-order valence-electron chi connectivity index (χ1n) is 34.2. The smallest absolute Gasteiger partial charge is 0.347 e. The minimum atomic E-state index is -0.687. The normalized spacial score (nSPS) is 31.0. The third-order valence-electron chi connectivity index (χ3n) is 22.8. The molecule has 4 saturated heterocycles. The zero-order valence-corrected chi connectivity index (χ0v) is 57.4.